The number of carbonyl (C=O) groups is 12. The van der Waals surface area contributed by atoms with Crippen molar-refractivity contribution in [1.29, 1.82) is 0 Å². The van der Waals surface area contributed by atoms with Crippen LogP contribution in [-0.4, -0.2) is 238 Å². The van der Waals surface area contributed by atoms with Crippen molar-refractivity contribution in [2.45, 2.75) is 248 Å². The Labute approximate surface area is 529 Å². The molecule has 0 aromatic heterocycles. The van der Waals surface area contributed by atoms with Crippen molar-refractivity contribution >= 4 is 71.3 Å². The van der Waals surface area contributed by atoms with E-state index in [4.69, 9.17) is 17.2 Å². The summed E-state index contributed by atoms with van der Waals surface area (Å²) in [6, 6.07) is -12.0. The van der Waals surface area contributed by atoms with Gasteiger partial charge in [-0.1, -0.05) is 27.7 Å². The Morgan fingerprint density at radius 2 is 0.967 bits per heavy atom. The molecule has 6 aliphatic rings. The fraction of sp³-hybridized carbons (Fsp3) is 0.803. The van der Waals surface area contributed by atoms with Crippen molar-refractivity contribution in [1.82, 2.24) is 67.0 Å². The number of nitrogens with one attached hydrogen (secondary N) is 8. The number of unbranched alkanes of at least 4 members (excludes halogenated alkanes) is 1. The van der Waals surface area contributed by atoms with Crippen LogP contribution in [-0.2, 0) is 57.5 Å². The molecule has 29 nitrogen and oxygen atoms in total. The lowest BCUT2D eigenvalue weighted by Crippen LogP contribution is -2.61. The SMILES string of the molecule is CC(C)C[C@@H](C=O)NC(=O)[C@H](CC(C)C)NC(=O)[C@@H]1CCCN1C(=O)[C@H](CCCCN)NC(=O)[C@@H]1CCCN1C(=O)[C@H](C)NC(=O)[C@@H](NC(=O)[C@@H]1CCCN1C(=O)[C@H](CCCNC(N)N)NC(=O)[C@@H]1CCCN1C(=O)[C@@H]1CCCN1C(=O)[C@@H]1CCCN1)[C@@H](C)O. The molecular formula is C61H104N16O13. The fourth-order valence-corrected chi connectivity index (χ4v) is 13.5. The van der Waals surface area contributed by atoms with Gasteiger partial charge in [0.2, 0.25) is 65.0 Å². The zero-order chi connectivity index (χ0) is 65.9. The van der Waals surface area contributed by atoms with Gasteiger partial charge in [-0.3, -0.25) is 58.1 Å². The maximum absolute atomic E-state index is 14.6. The maximum atomic E-state index is 14.6. The summed E-state index contributed by atoms with van der Waals surface area (Å²) in [5, 5.41) is 33.6. The molecule has 0 aliphatic carbocycles. The highest BCUT2D eigenvalue weighted by Crippen LogP contribution is 2.29. The first-order chi connectivity index (χ1) is 42.9. The van der Waals surface area contributed by atoms with Gasteiger partial charge >= 0.3 is 0 Å². The van der Waals surface area contributed by atoms with Crippen LogP contribution < -0.4 is 59.7 Å². The summed E-state index contributed by atoms with van der Waals surface area (Å²) in [6.45, 7) is 12.8. The van der Waals surface area contributed by atoms with Crippen LogP contribution in [0.15, 0.2) is 0 Å². The van der Waals surface area contributed by atoms with Gasteiger partial charge < -0.3 is 88.8 Å². The molecule has 0 aromatic rings. The summed E-state index contributed by atoms with van der Waals surface area (Å²) < 4.78 is 0. The highest BCUT2D eigenvalue weighted by Gasteiger charge is 2.47. The van der Waals surface area contributed by atoms with Crippen LogP contribution in [0.3, 0.4) is 0 Å². The Morgan fingerprint density at radius 3 is 1.43 bits per heavy atom. The van der Waals surface area contributed by atoms with Crippen LogP contribution in [0.4, 0.5) is 0 Å². The standard InChI is InChI=1S/C61H104N16O13/c1-35(2)32-39(34-78)68-50(80)43(33-36(3)4)71-53(83)45-20-12-28-74(45)58(88)41(16-7-8-24-62)69-51(81)44-19-11-27-73(44)56(86)37(5)67-55(85)49(38(6)79)72-54(84)47-22-13-29-75(47)59(89)42(18-10-26-66-61(63)64)70-52(82)46-21-14-30-76(46)60(90)48-23-15-31-77(48)57(87)40-17-9-25-65-40/h34-49,61,65-66,79H,7-33,62-64H2,1-6H3,(H,67,85)(H,68,80)(H,69,81)(H,70,82)(H,71,83)(H,72,84)/t37-,38+,39-,40-,41-,42-,43-,44-,45-,46-,47-,48-,49-/m0/s1. The van der Waals surface area contributed by atoms with E-state index in [-0.39, 0.29) is 88.0 Å². The quantitative estimate of drug-likeness (QED) is 0.0181. The summed E-state index contributed by atoms with van der Waals surface area (Å²) in [6.07, 6.45) is 6.11. The third-order valence-electron chi connectivity index (χ3n) is 18.1. The number of hydrogen-bond acceptors (Lipinski definition) is 18. The summed E-state index contributed by atoms with van der Waals surface area (Å²) in [4.78, 5) is 174. The summed E-state index contributed by atoms with van der Waals surface area (Å²) in [5.41, 5.74) is 17.2. The van der Waals surface area contributed by atoms with Crippen molar-refractivity contribution in [3.05, 3.63) is 0 Å². The molecule has 506 valence electrons. The lowest BCUT2D eigenvalue weighted by atomic mass is 10.0. The number of nitrogens with two attached hydrogens (primary N) is 3. The first-order valence-electron chi connectivity index (χ1n) is 33.0. The minimum atomic E-state index is -1.61. The van der Waals surface area contributed by atoms with E-state index < -0.39 is 132 Å². The number of aliphatic hydroxyl groups excluding tert-OH is 1. The van der Waals surface area contributed by atoms with Crippen LogP contribution in [0.1, 0.15) is 164 Å². The average molecular weight is 1270 g/mol. The number of hydrogen-bond donors (Lipinski definition) is 12. The number of likely N-dealkylation sites (tertiary alicyclic amines) is 5. The lowest BCUT2D eigenvalue weighted by molar-refractivity contribution is -0.148. The van der Waals surface area contributed by atoms with Gasteiger partial charge in [0.25, 0.3) is 0 Å². The second kappa shape index (κ2) is 34.9. The Bertz CT molecular complexity index is 2520. The fourth-order valence-electron chi connectivity index (χ4n) is 13.5. The largest absolute Gasteiger partial charge is 0.391 e. The molecule has 0 bridgehead atoms. The van der Waals surface area contributed by atoms with Gasteiger partial charge in [0, 0.05) is 32.7 Å². The van der Waals surface area contributed by atoms with Gasteiger partial charge in [0.1, 0.15) is 73.0 Å². The Morgan fingerprint density at radius 1 is 0.511 bits per heavy atom. The molecule has 11 amide bonds. The van der Waals surface area contributed by atoms with Crippen molar-refractivity contribution in [3.8, 4) is 0 Å². The van der Waals surface area contributed by atoms with E-state index in [1.807, 2.05) is 27.7 Å². The zero-order valence-corrected chi connectivity index (χ0v) is 53.7. The normalized spacial score (nSPS) is 24.1. The van der Waals surface area contributed by atoms with E-state index in [1.54, 1.807) is 4.90 Å². The molecule has 15 N–H and O–H groups in total. The third-order valence-corrected chi connectivity index (χ3v) is 18.1. The van der Waals surface area contributed by atoms with E-state index in [0.29, 0.717) is 109 Å². The molecule has 6 fully saturated rings. The second-order valence-corrected chi connectivity index (χ2v) is 26.2. The van der Waals surface area contributed by atoms with E-state index in [9.17, 15) is 62.6 Å². The monoisotopic (exact) mass is 1270 g/mol. The highest BCUT2D eigenvalue weighted by molar-refractivity contribution is 6.00. The molecule has 6 heterocycles. The maximum Gasteiger partial charge on any atom is 0.246 e. The molecule has 0 aromatic carbocycles. The first kappa shape index (κ1) is 72.7. The van der Waals surface area contributed by atoms with Crippen LogP contribution in [0, 0.1) is 11.8 Å². The van der Waals surface area contributed by atoms with Crippen molar-refractivity contribution < 1.29 is 62.6 Å². The van der Waals surface area contributed by atoms with Gasteiger partial charge in [0.15, 0.2) is 0 Å². The van der Waals surface area contributed by atoms with Gasteiger partial charge in [-0.05, 0) is 167 Å². The van der Waals surface area contributed by atoms with Crippen LogP contribution in [0.25, 0.3) is 0 Å². The number of carbonyl (C=O) groups excluding carboxylic acids is 12. The molecule has 29 heteroatoms. The van der Waals surface area contributed by atoms with Crippen LogP contribution in [0.2, 0.25) is 0 Å². The average Bonchev–Trinajstić information content (AvgIpc) is 2.19. The number of amides is 11. The van der Waals surface area contributed by atoms with E-state index >= 15 is 0 Å². The van der Waals surface area contributed by atoms with Gasteiger partial charge in [-0.25, -0.2) is 0 Å². The lowest BCUT2D eigenvalue weighted by Gasteiger charge is -2.33. The van der Waals surface area contributed by atoms with Gasteiger partial charge in [-0.2, -0.15) is 0 Å². The molecule has 0 saturated carbocycles. The minimum absolute atomic E-state index is 0.00843. The predicted molar refractivity (Wildman–Crippen MR) is 331 cm³/mol. The summed E-state index contributed by atoms with van der Waals surface area (Å²) >= 11 is 0. The molecule has 6 aliphatic heterocycles. The third kappa shape index (κ3) is 19.6. The molecule has 6 rings (SSSR count). The van der Waals surface area contributed by atoms with Crippen LogP contribution >= 0.6 is 0 Å². The molecule has 0 spiro atoms. The number of aliphatic hydroxyl groups is 1. The molecule has 0 radical (unpaired) electrons. The Balaban J connectivity index is 1.07. The van der Waals surface area contributed by atoms with Crippen LogP contribution in [0.5, 0.6) is 0 Å². The van der Waals surface area contributed by atoms with E-state index in [1.165, 1.54) is 33.4 Å². The summed E-state index contributed by atoms with van der Waals surface area (Å²) in [7, 11) is 0. The Kier molecular flexibility index (Phi) is 28.1. The first-order valence-corrected chi connectivity index (χ1v) is 33.0. The van der Waals surface area contributed by atoms with E-state index in [2.05, 4.69) is 42.5 Å². The predicted octanol–water partition coefficient (Wildman–Crippen LogP) is -3.01. The van der Waals surface area contributed by atoms with Gasteiger partial charge in [-0.15, -0.1) is 0 Å². The molecule has 6 saturated heterocycles. The molecule has 0 unspecified atom stereocenters. The molecule has 90 heavy (non-hydrogen) atoms. The zero-order valence-electron chi connectivity index (χ0n) is 53.7. The smallest absolute Gasteiger partial charge is 0.246 e. The van der Waals surface area contributed by atoms with Gasteiger partial charge in [0.05, 0.1) is 18.2 Å². The van der Waals surface area contributed by atoms with E-state index in [0.717, 1.165) is 13.0 Å². The van der Waals surface area contributed by atoms with Crippen molar-refractivity contribution in [2.24, 2.45) is 29.0 Å². The summed E-state index contributed by atoms with van der Waals surface area (Å²) in [5.74, 6) is -5.98. The number of nitrogens with zero attached hydrogens (tertiary/aromatic N) is 5. The minimum Gasteiger partial charge on any atom is -0.391 e. The number of aldehydes is 1. The second-order valence-electron chi connectivity index (χ2n) is 26.2. The number of rotatable bonds is 32. The van der Waals surface area contributed by atoms with Crippen molar-refractivity contribution in [3.63, 3.8) is 0 Å². The Hall–Kier alpha value is -6.40. The molecular weight excluding hydrogens is 1160 g/mol. The molecule has 13 atom stereocenters. The highest BCUT2D eigenvalue weighted by atomic mass is 16.3. The topological polar surface area (TPSA) is 416 Å². The van der Waals surface area contributed by atoms with Crippen molar-refractivity contribution in [2.75, 3.05) is 52.4 Å².